The number of alkyl halides is 3. The van der Waals surface area contributed by atoms with Crippen molar-refractivity contribution in [3.8, 4) is 0 Å². The van der Waals surface area contributed by atoms with Gasteiger partial charge >= 0.3 is 6.18 Å². The number of nitrogens with zero attached hydrogens (tertiary/aromatic N) is 2. The minimum atomic E-state index is -4.94. The highest BCUT2D eigenvalue weighted by molar-refractivity contribution is 6.31. The van der Waals surface area contributed by atoms with Gasteiger partial charge in [-0.25, -0.2) is 4.98 Å². The summed E-state index contributed by atoms with van der Waals surface area (Å²) in [4.78, 5) is 14.8. The molecule has 0 aliphatic carbocycles. The van der Waals surface area contributed by atoms with Crippen LogP contribution in [0.5, 0.6) is 0 Å². The Morgan fingerprint density at radius 2 is 2.12 bits per heavy atom. The van der Waals surface area contributed by atoms with E-state index < -0.39 is 17.7 Å². The van der Waals surface area contributed by atoms with E-state index >= 15 is 0 Å². The molecule has 2 heterocycles. The lowest BCUT2D eigenvalue weighted by Gasteiger charge is -2.02. The number of ketones is 1. The van der Waals surface area contributed by atoms with Gasteiger partial charge in [0.25, 0.3) is 5.78 Å². The number of rotatable bonds is 1. The number of hydrogen-bond donors (Lipinski definition) is 0. The van der Waals surface area contributed by atoms with Crippen LogP contribution in [0.1, 0.15) is 16.3 Å². The molecule has 0 fully saturated rings. The third kappa shape index (κ3) is 2.00. The fraction of sp³-hybridized carbons (Fsp3) is 0.200. The second-order valence-electron chi connectivity index (χ2n) is 3.43. The highest BCUT2D eigenvalue weighted by atomic mass is 35.5. The first-order chi connectivity index (χ1) is 7.80. The third-order valence-electron chi connectivity index (χ3n) is 2.25. The van der Waals surface area contributed by atoms with Gasteiger partial charge in [-0.05, 0) is 19.1 Å². The van der Waals surface area contributed by atoms with Crippen molar-refractivity contribution in [1.82, 2.24) is 9.38 Å². The van der Waals surface area contributed by atoms with Crippen LogP contribution < -0.4 is 0 Å². The highest BCUT2D eigenvalue weighted by Gasteiger charge is 2.41. The maximum Gasteiger partial charge on any atom is 0.456 e. The summed E-state index contributed by atoms with van der Waals surface area (Å²) in [5.74, 6) is -1.67. The van der Waals surface area contributed by atoms with Crippen LogP contribution in [0.15, 0.2) is 18.3 Å². The number of imidazole rings is 1. The second kappa shape index (κ2) is 3.73. The Labute approximate surface area is 98.8 Å². The topological polar surface area (TPSA) is 34.4 Å². The van der Waals surface area contributed by atoms with Crippen molar-refractivity contribution in [2.24, 2.45) is 0 Å². The average molecular weight is 263 g/mol. The molecular formula is C10H6ClF3N2O. The molecule has 2 aromatic rings. The Balaban J connectivity index is 2.70. The number of halogens is 4. The summed E-state index contributed by atoms with van der Waals surface area (Å²) in [5, 5.41) is 0.244. The normalized spacial score (nSPS) is 12.1. The lowest BCUT2D eigenvalue weighted by molar-refractivity contribution is -0.0887. The number of aromatic nitrogens is 2. The molecule has 0 atom stereocenters. The number of carbonyl (C=O) groups excluding carboxylic acids is 1. The van der Waals surface area contributed by atoms with Crippen LogP contribution >= 0.6 is 11.6 Å². The summed E-state index contributed by atoms with van der Waals surface area (Å²) >= 11 is 5.69. The predicted octanol–water partition coefficient (Wildman–Crippen LogP) is 3.04. The summed E-state index contributed by atoms with van der Waals surface area (Å²) in [7, 11) is 0. The molecular weight excluding hydrogens is 257 g/mol. The van der Waals surface area contributed by atoms with E-state index in [0.29, 0.717) is 5.82 Å². The summed E-state index contributed by atoms with van der Waals surface area (Å²) < 4.78 is 38.4. The molecule has 0 unspecified atom stereocenters. The molecule has 0 N–H and O–H groups in total. The Morgan fingerprint density at radius 1 is 1.47 bits per heavy atom. The number of Topliss-reactive ketones (excluding diaryl/α,β-unsaturated/α-hetero) is 1. The lowest BCUT2D eigenvalue weighted by atomic mass is 10.2. The van der Waals surface area contributed by atoms with E-state index in [4.69, 9.17) is 11.6 Å². The van der Waals surface area contributed by atoms with Crippen molar-refractivity contribution in [3.05, 3.63) is 34.9 Å². The molecule has 0 spiro atoms. The van der Waals surface area contributed by atoms with Crippen LogP contribution in [0.4, 0.5) is 13.2 Å². The minimum absolute atomic E-state index is 0.0531. The average Bonchev–Trinajstić information content (AvgIpc) is 2.53. The SMILES string of the molecule is Cc1nc(C(=O)C(F)(F)F)c2cc(Cl)ccn12. The Morgan fingerprint density at radius 3 is 2.71 bits per heavy atom. The molecule has 0 amide bonds. The smallest absolute Gasteiger partial charge is 0.303 e. The number of pyridine rings is 1. The minimum Gasteiger partial charge on any atom is -0.303 e. The summed E-state index contributed by atoms with van der Waals surface area (Å²) in [6.07, 6.45) is -3.48. The number of aryl methyl sites for hydroxylation is 1. The van der Waals surface area contributed by atoms with E-state index in [1.165, 1.54) is 29.7 Å². The highest BCUT2D eigenvalue weighted by Crippen LogP contribution is 2.25. The monoisotopic (exact) mass is 262 g/mol. The van der Waals surface area contributed by atoms with Crippen LogP contribution in [0, 0.1) is 6.92 Å². The first-order valence-electron chi connectivity index (χ1n) is 4.56. The number of carbonyl (C=O) groups is 1. The van der Waals surface area contributed by atoms with Gasteiger partial charge in [0.2, 0.25) is 0 Å². The Bertz CT molecular complexity index is 603. The summed E-state index contributed by atoms with van der Waals surface area (Å²) in [5.41, 5.74) is -0.574. The molecule has 2 rings (SSSR count). The van der Waals surface area contributed by atoms with Crippen molar-refractivity contribution >= 4 is 22.9 Å². The van der Waals surface area contributed by atoms with E-state index in [-0.39, 0.29) is 10.5 Å². The molecule has 0 radical (unpaired) electrons. The second-order valence-corrected chi connectivity index (χ2v) is 3.87. The van der Waals surface area contributed by atoms with Crippen molar-refractivity contribution < 1.29 is 18.0 Å². The zero-order chi connectivity index (χ0) is 12.8. The summed E-state index contributed by atoms with van der Waals surface area (Å²) in [6, 6.07) is 2.78. The van der Waals surface area contributed by atoms with E-state index in [0.717, 1.165) is 0 Å². The molecule has 90 valence electrons. The zero-order valence-electron chi connectivity index (χ0n) is 8.55. The Kier molecular flexibility index (Phi) is 2.61. The summed E-state index contributed by atoms with van der Waals surface area (Å²) in [6.45, 7) is 1.51. The van der Waals surface area contributed by atoms with Crippen LogP contribution in [0.2, 0.25) is 5.02 Å². The first-order valence-corrected chi connectivity index (χ1v) is 4.94. The maximum absolute atomic E-state index is 12.3. The molecule has 3 nitrogen and oxygen atoms in total. The van der Waals surface area contributed by atoms with Crippen molar-refractivity contribution in [2.45, 2.75) is 13.1 Å². The first kappa shape index (κ1) is 11.9. The van der Waals surface area contributed by atoms with Crippen LogP contribution in [-0.4, -0.2) is 21.3 Å². The number of fused-ring (bicyclic) bond motifs is 1. The molecule has 0 aliphatic rings. The molecule has 17 heavy (non-hydrogen) atoms. The standard InChI is InChI=1S/C10H6ClF3N2O/c1-5-15-8(9(17)10(12,13)14)7-4-6(11)2-3-16(5)7/h2-4H,1H3. The molecule has 0 saturated heterocycles. The van der Waals surface area contributed by atoms with Crippen LogP contribution in [0.3, 0.4) is 0 Å². The zero-order valence-corrected chi connectivity index (χ0v) is 9.30. The fourth-order valence-corrected chi connectivity index (χ4v) is 1.67. The van der Waals surface area contributed by atoms with Crippen LogP contribution in [0.25, 0.3) is 5.52 Å². The van der Waals surface area contributed by atoms with Gasteiger partial charge in [-0.15, -0.1) is 0 Å². The molecule has 0 saturated carbocycles. The van der Waals surface area contributed by atoms with Gasteiger partial charge in [0, 0.05) is 11.2 Å². The Hall–Kier alpha value is -1.56. The van der Waals surface area contributed by atoms with E-state index in [2.05, 4.69) is 4.98 Å². The molecule has 7 heteroatoms. The van der Waals surface area contributed by atoms with Gasteiger partial charge in [0.1, 0.15) is 11.5 Å². The van der Waals surface area contributed by atoms with Gasteiger partial charge in [-0.1, -0.05) is 11.6 Å². The van der Waals surface area contributed by atoms with Gasteiger partial charge in [0.05, 0.1) is 5.52 Å². The van der Waals surface area contributed by atoms with E-state index in [9.17, 15) is 18.0 Å². The van der Waals surface area contributed by atoms with Gasteiger partial charge in [-0.3, -0.25) is 4.79 Å². The van der Waals surface area contributed by atoms with Crippen LogP contribution in [-0.2, 0) is 0 Å². The van der Waals surface area contributed by atoms with Crippen molar-refractivity contribution in [1.29, 1.82) is 0 Å². The number of hydrogen-bond acceptors (Lipinski definition) is 2. The van der Waals surface area contributed by atoms with E-state index in [1.54, 1.807) is 0 Å². The molecule has 0 aliphatic heterocycles. The molecule has 0 aromatic carbocycles. The van der Waals surface area contributed by atoms with Gasteiger partial charge in [0.15, 0.2) is 0 Å². The van der Waals surface area contributed by atoms with Crippen molar-refractivity contribution in [2.75, 3.05) is 0 Å². The predicted molar refractivity (Wildman–Crippen MR) is 55.3 cm³/mol. The maximum atomic E-state index is 12.3. The molecule has 0 bridgehead atoms. The fourth-order valence-electron chi connectivity index (χ4n) is 1.51. The van der Waals surface area contributed by atoms with Gasteiger partial charge in [-0.2, -0.15) is 13.2 Å². The van der Waals surface area contributed by atoms with E-state index in [1.807, 2.05) is 0 Å². The molecule has 2 aromatic heterocycles. The quantitative estimate of drug-likeness (QED) is 0.740. The van der Waals surface area contributed by atoms with Crippen molar-refractivity contribution in [3.63, 3.8) is 0 Å². The lowest BCUT2D eigenvalue weighted by Crippen LogP contribution is -2.23. The van der Waals surface area contributed by atoms with Gasteiger partial charge < -0.3 is 4.40 Å². The largest absolute Gasteiger partial charge is 0.456 e. The third-order valence-corrected chi connectivity index (χ3v) is 2.49.